The first kappa shape index (κ1) is 14.3. The predicted octanol–water partition coefficient (Wildman–Crippen LogP) is 1.92. The minimum Gasteiger partial charge on any atom is -0.441 e. The van der Waals surface area contributed by atoms with E-state index in [4.69, 9.17) is 14.3 Å². The maximum Gasteiger partial charge on any atom is 0.407 e. The zero-order chi connectivity index (χ0) is 14.4. The zero-order valence-electron chi connectivity index (χ0n) is 11.1. The number of hydrogen-bond acceptors (Lipinski definition) is 4. The number of hydrogen-bond donors (Lipinski definition) is 1. The molecule has 5 nitrogen and oxygen atoms in total. The van der Waals surface area contributed by atoms with E-state index < -0.39 is 0 Å². The highest BCUT2D eigenvalue weighted by atomic mass is 16.6. The summed E-state index contributed by atoms with van der Waals surface area (Å²) in [5.41, 5.74) is 1.18. The number of carbonyl (C=O) groups excluding carboxylic acids is 3. The average Bonchev–Trinajstić information content (AvgIpc) is 2.99. The summed E-state index contributed by atoms with van der Waals surface area (Å²) >= 11 is 0. The van der Waals surface area contributed by atoms with Crippen LogP contribution in [-0.4, -0.2) is 24.4 Å². The molecule has 20 heavy (non-hydrogen) atoms. The van der Waals surface area contributed by atoms with Crippen LogP contribution in [0, 0.1) is 5.92 Å². The fourth-order valence-electron chi connectivity index (χ4n) is 3.07. The molecule has 2 atom stereocenters. The van der Waals surface area contributed by atoms with E-state index >= 15 is 0 Å². The molecule has 1 aliphatic carbocycles. The molecule has 1 aromatic rings. The number of alkyl carbamates (subject to hydrolysis) is 1. The highest BCUT2D eigenvalue weighted by molar-refractivity contribution is 5.70. The van der Waals surface area contributed by atoms with Gasteiger partial charge in [-0.15, -0.1) is 0 Å². The van der Waals surface area contributed by atoms with Crippen LogP contribution in [-0.2, 0) is 20.7 Å². The van der Waals surface area contributed by atoms with E-state index in [1.165, 1.54) is 5.56 Å². The Labute approximate surface area is 117 Å². The van der Waals surface area contributed by atoms with Gasteiger partial charge >= 0.3 is 12.2 Å². The summed E-state index contributed by atoms with van der Waals surface area (Å²) in [7, 11) is 0. The molecular formula is C15H17NO4. The van der Waals surface area contributed by atoms with Crippen molar-refractivity contribution < 1.29 is 19.1 Å². The van der Waals surface area contributed by atoms with E-state index in [2.05, 4.69) is 29.6 Å². The van der Waals surface area contributed by atoms with Gasteiger partial charge in [0.15, 0.2) is 0 Å². The first-order valence-corrected chi connectivity index (χ1v) is 6.67. The van der Waals surface area contributed by atoms with Crippen molar-refractivity contribution in [3.8, 4) is 0 Å². The molecule has 1 N–H and O–H groups in total. The maximum atomic E-state index is 11.1. The molecule has 106 valence electrons. The van der Waals surface area contributed by atoms with Crippen LogP contribution in [0.3, 0.4) is 0 Å². The van der Waals surface area contributed by atoms with Gasteiger partial charge in [-0.3, -0.25) is 0 Å². The number of carbonyl (C=O) groups is 1. The van der Waals surface area contributed by atoms with Crippen molar-refractivity contribution in [2.24, 2.45) is 5.92 Å². The Morgan fingerprint density at radius 1 is 1.30 bits per heavy atom. The smallest absolute Gasteiger partial charge is 0.407 e. The van der Waals surface area contributed by atoms with Gasteiger partial charge in [-0.25, -0.2) is 4.79 Å². The molecule has 1 amide bonds. The fourth-order valence-corrected chi connectivity index (χ4v) is 3.07. The molecule has 0 bridgehead atoms. The number of rotatable bonds is 2. The minimum atomic E-state index is -0.245. The van der Waals surface area contributed by atoms with Crippen molar-refractivity contribution in [2.75, 3.05) is 6.54 Å². The number of amides is 1. The molecule has 1 saturated heterocycles. The predicted molar refractivity (Wildman–Crippen MR) is 69.7 cm³/mol. The molecule has 2 fully saturated rings. The van der Waals surface area contributed by atoms with Gasteiger partial charge in [-0.05, 0) is 37.2 Å². The zero-order valence-corrected chi connectivity index (χ0v) is 11.1. The quantitative estimate of drug-likeness (QED) is 0.895. The van der Waals surface area contributed by atoms with E-state index in [1.807, 2.05) is 6.07 Å². The summed E-state index contributed by atoms with van der Waals surface area (Å²) < 4.78 is 5.43. The molecule has 1 aromatic carbocycles. The topological polar surface area (TPSA) is 72.5 Å². The second-order valence-corrected chi connectivity index (χ2v) is 5.31. The van der Waals surface area contributed by atoms with E-state index in [-0.39, 0.29) is 17.8 Å². The molecule has 0 radical (unpaired) electrons. The van der Waals surface area contributed by atoms with Crippen molar-refractivity contribution in [3.05, 3.63) is 35.9 Å². The van der Waals surface area contributed by atoms with E-state index in [0.717, 1.165) is 25.7 Å². The Morgan fingerprint density at radius 2 is 2.00 bits per heavy atom. The molecule has 1 saturated carbocycles. The number of benzene rings is 1. The van der Waals surface area contributed by atoms with Crippen LogP contribution in [0.2, 0.25) is 0 Å². The third-order valence-corrected chi connectivity index (χ3v) is 3.90. The average molecular weight is 275 g/mol. The molecule has 1 aliphatic heterocycles. The van der Waals surface area contributed by atoms with Crippen LogP contribution in [0.4, 0.5) is 4.79 Å². The van der Waals surface area contributed by atoms with Gasteiger partial charge in [0.05, 0.1) is 6.54 Å². The minimum absolute atomic E-state index is 0.198. The maximum absolute atomic E-state index is 11.1. The fraction of sp³-hybridized carbons (Fsp3) is 0.467. The summed E-state index contributed by atoms with van der Waals surface area (Å²) in [6.07, 6.45) is 4.26. The van der Waals surface area contributed by atoms with Gasteiger partial charge in [-0.2, -0.15) is 9.59 Å². The number of nitrogens with one attached hydrogen (secondary N) is 1. The van der Waals surface area contributed by atoms with Crippen molar-refractivity contribution >= 4 is 12.2 Å². The monoisotopic (exact) mass is 275 g/mol. The third kappa shape index (κ3) is 3.45. The Hall–Kier alpha value is -2.13. The molecule has 1 heterocycles. The van der Waals surface area contributed by atoms with Crippen LogP contribution >= 0.6 is 0 Å². The van der Waals surface area contributed by atoms with Crippen molar-refractivity contribution in [3.63, 3.8) is 0 Å². The molecular weight excluding hydrogens is 258 g/mol. The molecule has 3 rings (SSSR count). The highest BCUT2D eigenvalue weighted by Crippen LogP contribution is 2.40. The van der Waals surface area contributed by atoms with Crippen molar-refractivity contribution in [1.82, 2.24) is 5.32 Å². The normalized spacial score (nSPS) is 27.2. The number of ether oxygens (including phenoxy) is 1. The van der Waals surface area contributed by atoms with Gasteiger partial charge < -0.3 is 10.1 Å². The second kappa shape index (κ2) is 6.35. The summed E-state index contributed by atoms with van der Waals surface area (Å²) in [5.74, 6) is 0.644. The van der Waals surface area contributed by atoms with Gasteiger partial charge in [0.1, 0.15) is 5.60 Å². The lowest BCUT2D eigenvalue weighted by molar-refractivity contribution is -0.191. The van der Waals surface area contributed by atoms with Gasteiger partial charge in [0.25, 0.3) is 0 Å². The summed E-state index contributed by atoms with van der Waals surface area (Å²) in [4.78, 5) is 27.4. The Kier molecular flexibility index (Phi) is 4.53. The van der Waals surface area contributed by atoms with Crippen LogP contribution in [0.25, 0.3) is 0 Å². The standard InChI is InChI=1S/C14H17NO2.CO2/c16-13-15-10-14(17-13)7-6-12(9-14)8-11-4-2-1-3-5-11;2-1-3/h1-5,12H,6-10H2,(H,15,16);. The second-order valence-electron chi connectivity index (χ2n) is 5.31. The first-order valence-electron chi connectivity index (χ1n) is 6.67. The summed E-state index contributed by atoms with van der Waals surface area (Å²) in [6.45, 7) is 0.692. The molecule has 2 unspecified atom stereocenters. The highest BCUT2D eigenvalue weighted by Gasteiger charge is 2.46. The molecule has 5 heteroatoms. The summed E-state index contributed by atoms with van der Waals surface area (Å²) in [5, 5.41) is 2.78. The van der Waals surface area contributed by atoms with Crippen molar-refractivity contribution in [1.29, 1.82) is 0 Å². The van der Waals surface area contributed by atoms with Gasteiger partial charge in [0.2, 0.25) is 0 Å². The lowest BCUT2D eigenvalue weighted by Crippen LogP contribution is -2.29. The molecule has 1 spiro atoms. The van der Waals surface area contributed by atoms with Crippen molar-refractivity contribution in [2.45, 2.75) is 31.3 Å². The Balaban J connectivity index is 0.000000452. The van der Waals surface area contributed by atoms with Gasteiger partial charge in [-0.1, -0.05) is 30.3 Å². The lowest BCUT2D eigenvalue weighted by atomic mass is 9.95. The van der Waals surface area contributed by atoms with Crippen LogP contribution in [0.5, 0.6) is 0 Å². The van der Waals surface area contributed by atoms with E-state index in [9.17, 15) is 4.79 Å². The van der Waals surface area contributed by atoms with Gasteiger partial charge in [0, 0.05) is 0 Å². The van der Waals surface area contributed by atoms with E-state index in [1.54, 1.807) is 0 Å². The Morgan fingerprint density at radius 3 is 2.60 bits per heavy atom. The first-order chi connectivity index (χ1) is 9.67. The third-order valence-electron chi connectivity index (χ3n) is 3.90. The molecule has 0 aromatic heterocycles. The SMILES string of the molecule is O=C1NCC2(CCC(Cc3ccccc3)C2)O1.O=C=O. The lowest BCUT2D eigenvalue weighted by Gasteiger charge is -2.20. The van der Waals surface area contributed by atoms with Crippen LogP contribution in [0.15, 0.2) is 30.3 Å². The summed E-state index contributed by atoms with van der Waals surface area (Å²) in [6, 6.07) is 10.5. The Bertz CT molecular complexity index is 496. The molecule has 2 aliphatic rings. The van der Waals surface area contributed by atoms with Crippen LogP contribution in [0.1, 0.15) is 24.8 Å². The van der Waals surface area contributed by atoms with Crippen LogP contribution < -0.4 is 5.32 Å². The largest absolute Gasteiger partial charge is 0.441 e. The van der Waals surface area contributed by atoms with E-state index in [0.29, 0.717) is 12.5 Å².